The number of carbonyl (C=O) groups is 2. The van der Waals surface area contributed by atoms with Crippen LogP contribution >= 0.6 is 23.2 Å². The van der Waals surface area contributed by atoms with Crippen LogP contribution in [0, 0.1) is 11.8 Å². The third-order valence-corrected chi connectivity index (χ3v) is 8.71. The molecule has 0 atom stereocenters. The molecular formula is C29H37Cl2N3O2. The number of piperidine rings is 2. The van der Waals surface area contributed by atoms with E-state index in [9.17, 15) is 9.59 Å². The molecule has 0 spiro atoms. The molecule has 2 aliphatic rings. The molecule has 0 aromatic heterocycles. The lowest BCUT2D eigenvalue weighted by molar-refractivity contribution is -0.138. The van der Waals surface area contributed by atoms with E-state index >= 15 is 0 Å². The summed E-state index contributed by atoms with van der Waals surface area (Å²) in [6.45, 7) is 7.56. The van der Waals surface area contributed by atoms with E-state index in [0.717, 1.165) is 63.1 Å². The van der Waals surface area contributed by atoms with E-state index in [1.54, 1.807) is 19.0 Å². The molecule has 194 valence electrons. The van der Waals surface area contributed by atoms with E-state index in [1.807, 2.05) is 61.2 Å². The summed E-state index contributed by atoms with van der Waals surface area (Å²) < 4.78 is 0. The van der Waals surface area contributed by atoms with Crippen molar-refractivity contribution in [1.82, 2.24) is 9.80 Å². The highest BCUT2D eigenvalue weighted by Gasteiger charge is 2.38. The first-order valence-electron chi connectivity index (χ1n) is 12.9. The largest absolute Gasteiger partial charge is 0.371 e. The minimum Gasteiger partial charge on any atom is -0.371 e. The molecule has 2 saturated heterocycles. The molecule has 2 aromatic carbocycles. The van der Waals surface area contributed by atoms with Crippen LogP contribution in [0.1, 0.15) is 55.5 Å². The van der Waals surface area contributed by atoms with Gasteiger partial charge in [-0.1, -0.05) is 41.4 Å². The highest BCUT2D eigenvalue weighted by Crippen LogP contribution is 2.37. The SMILES string of the molecule is CN(C)C(=O)c1ccc(N2CCC(C3CCN(C(=O)C(C)(C)c4ccccc4Cl)CC3)CC2)cc1Cl. The first-order valence-corrected chi connectivity index (χ1v) is 13.7. The van der Waals surface area contributed by atoms with Crippen LogP contribution in [0.3, 0.4) is 0 Å². The number of rotatable bonds is 5. The smallest absolute Gasteiger partial charge is 0.254 e. The summed E-state index contributed by atoms with van der Waals surface area (Å²) >= 11 is 12.9. The van der Waals surface area contributed by atoms with Crippen molar-refractivity contribution in [2.24, 2.45) is 11.8 Å². The number of benzene rings is 2. The van der Waals surface area contributed by atoms with Gasteiger partial charge in [-0.2, -0.15) is 0 Å². The Hall–Kier alpha value is -2.24. The zero-order valence-electron chi connectivity index (χ0n) is 21.8. The van der Waals surface area contributed by atoms with Crippen molar-refractivity contribution in [1.29, 1.82) is 0 Å². The fourth-order valence-corrected chi connectivity index (χ4v) is 6.42. The summed E-state index contributed by atoms with van der Waals surface area (Å²) in [6, 6.07) is 13.4. The number of carbonyl (C=O) groups excluding carboxylic acids is 2. The average Bonchev–Trinajstić information content (AvgIpc) is 2.88. The molecule has 4 rings (SSSR count). The molecule has 0 saturated carbocycles. The molecule has 2 fully saturated rings. The predicted octanol–water partition coefficient (Wildman–Crippen LogP) is 6.13. The van der Waals surface area contributed by atoms with Gasteiger partial charge in [0.05, 0.1) is 16.0 Å². The van der Waals surface area contributed by atoms with Crippen LogP contribution in [-0.4, -0.2) is 61.9 Å². The number of hydrogen-bond acceptors (Lipinski definition) is 3. The molecule has 0 bridgehead atoms. The minimum absolute atomic E-state index is 0.0784. The van der Waals surface area contributed by atoms with Crippen LogP contribution in [0.4, 0.5) is 5.69 Å². The fraction of sp³-hybridized carbons (Fsp3) is 0.517. The van der Waals surface area contributed by atoms with Crippen molar-refractivity contribution in [2.45, 2.75) is 44.9 Å². The van der Waals surface area contributed by atoms with Gasteiger partial charge in [0.25, 0.3) is 5.91 Å². The maximum absolute atomic E-state index is 13.4. The molecular weight excluding hydrogens is 493 g/mol. The number of anilines is 1. The van der Waals surface area contributed by atoms with Crippen LogP contribution in [0.2, 0.25) is 10.0 Å². The lowest BCUT2D eigenvalue weighted by Crippen LogP contribution is -2.48. The summed E-state index contributed by atoms with van der Waals surface area (Å²) in [5, 5.41) is 1.16. The summed E-state index contributed by atoms with van der Waals surface area (Å²) in [5.74, 6) is 1.42. The first-order chi connectivity index (χ1) is 17.1. The van der Waals surface area contributed by atoms with Crippen molar-refractivity contribution in [2.75, 3.05) is 45.2 Å². The van der Waals surface area contributed by atoms with E-state index in [1.165, 1.54) is 0 Å². The molecule has 0 aliphatic carbocycles. The Kier molecular flexibility index (Phi) is 8.21. The minimum atomic E-state index is -0.634. The van der Waals surface area contributed by atoms with E-state index in [4.69, 9.17) is 23.2 Å². The van der Waals surface area contributed by atoms with Crippen molar-refractivity contribution >= 4 is 40.7 Å². The molecule has 2 aromatic rings. The van der Waals surface area contributed by atoms with Gasteiger partial charge in [-0.3, -0.25) is 9.59 Å². The Bertz CT molecular complexity index is 1100. The van der Waals surface area contributed by atoms with Crippen LogP contribution in [-0.2, 0) is 10.2 Å². The number of halogens is 2. The zero-order valence-corrected chi connectivity index (χ0v) is 23.3. The maximum atomic E-state index is 13.4. The van der Waals surface area contributed by atoms with Crippen LogP contribution in [0.15, 0.2) is 42.5 Å². The van der Waals surface area contributed by atoms with Crippen molar-refractivity contribution in [3.8, 4) is 0 Å². The molecule has 0 radical (unpaired) electrons. The topological polar surface area (TPSA) is 43.9 Å². The van der Waals surface area contributed by atoms with Crippen molar-refractivity contribution in [3.63, 3.8) is 0 Å². The van der Waals surface area contributed by atoms with E-state index in [0.29, 0.717) is 27.4 Å². The molecule has 0 N–H and O–H groups in total. The molecule has 2 amide bonds. The Morgan fingerprint density at radius 1 is 0.861 bits per heavy atom. The highest BCUT2D eigenvalue weighted by molar-refractivity contribution is 6.34. The highest BCUT2D eigenvalue weighted by atomic mass is 35.5. The number of amides is 2. The Morgan fingerprint density at radius 2 is 1.44 bits per heavy atom. The summed E-state index contributed by atoms with van der Waals surface area (Å²) in [7, 11) is 3.47. The second-order valence-corrected chi connectivity index (χ2v) is 11.7. The Balaban J connectivity index is 1.30. The maximum Gasteiger partial charge on any atom is 0.254 e. The lowest BCUT2D eigenvalue weighted by atomic mass is 9.77. The molecule has 2 heterocycles. The lowest BCUT2D eigenvalue weighted by Gasteiger charge is -2.42. The van der Waals surface area contributed by atoms with Gasteiger partial charge >= 0.3 is 0 Å². The predicted molar refractivity (Wildman–Crippen MR) is 148 cm³/mol. The van der Waals surface area contributed by atoms with Crippen LogP contribution in [0.5, 0.6) is 0 Å². The van der Waals surface area contributed by atoms with Gasteiger partial charge in [-0.05, 0) is 81.2 Å². The normalized spacial score (nSPS) is 17.8. The average molecular weight is 531 g/mol. The summed E-state index contributed by atoms with van der Waals surface area (Å²) in [5.41, 5.74) is 1.88. The second kappa shape index (κ2) is 11.0. The van der Waals surface area contributed by atoms with Gasteiger partial charge in [-0.25, -0.2) is 0 Å². The molecule has 0 unspecified atom stereocenters. The van der Waals surface area contributed by atoms with Gasteiger partial charge in [-0.15, -0.1) is 0 Å². The van der Waals surface area contributed by atoms with Gasteiger partial charge in [0.1, 0.15) is 0 Å². The monoisotopic (exact) mass is 529 g/mol. The number of hydrogen-bond donors (Lipinski definition) is 0. The quantitative estimate of drug-likeness (QED) is 0.467. The van der Waals surface area contributed by atoms with Crippen LogP contribution in [0.25, 0.3) is 0 Å². The third kappa shape index (κ3) is 5.52. The van der Waals surface area contributed by atoms with Crippen molar-refractivity contribution in [3.05, 3.63) is 63.6 Å². The van der Waals surface area contributed by atoms with E-state index in [2.05, 4.69) is 4.90 Å². The molecule has 5 nitrogen and oxygen atoms in total. The Morgan fingerprint density at radius 3 is 2.00 bits per heavy atom. The Labute approximate surface area is 225 Å². The standard InChI is InChI=1S/C29H37Cl2N3O2/c1-29(2,24-7-5-6-8-25(24)30)28(36)34-17-13-21(14-18-34)20-11-15-33(16-12-20)22-9-10-23(26(31)19-22)27(35)32(3)4/h5-10,19-21H,11-18H2,1-4H3. The van der Waals surface area contributed by atoms with Gasteiger partial charge in [0.15, 0.2) is 0 Å². The first kappa shape index (κ1) is 26.8. The van der Waals surface area contributed by atoms with Gasteiger partial charge in [0.2, 0.25) is 5.91 Å². The summed E-state index contributed by atoms with van der Waals surface area (Å²) in [4.78, 5) is 31.6. The van der Waals surface area contributed by atoms with E-state index in [-0.39, 0.29) is 11.8 Å². The van der Waals surface area contributed by atoms with Crippen molar-refractivity contribution < 1.29 is 9.59 Å². The van der Waals surface area contributed by atoms with Gasteiger partial charge in [0, 0.05) is 51.0 Å². The fourth-order valence-electron chi connectivity index (χ4n) is 5.80. The zero-order chi connectivity index (χ0) is 26.0. The molecule has 7 heteroatoms. The number of likely N-dealkylation sites (tertiary alicyclic amines) is 1. The summed E-state index contributed by atoms with van der Waals surface area (Å²) in [6.07, 6.45) is 4.39. The molecule has 36 heavy (non-hydrogen) atoms. The second-order valence-electron chi connectivity index (χ2n) is 10.9. The van der Waals surface area contributed by atoms with E-state index < -0.39 is 5.41 Å². The third-order valence-electron chi connectivity index (χ3n) is 8.07. The van der Waals surface area contributed by atoms with Crippen LogP contribution < -0.4 is 4.90 Å². The molecule has 2 aliphatic heterocycles. The number of nitrogens with zero attached hydrogens (tertiary/aromatic N) is 3. The van der Waals surface area contributed by atoms with Gasteiger partial charge < -0.3 is 14.7 Å².